The SMILES string of the molecule is CN(C)S(=O)(=O)N1CCC(c2cncc(-c3cccc(C(=O)O)c3)n2)CC1. The van der Waals surface area contributed by atoms with Gasteiger partial charge < -0.3 is 5.11 Å². The van der Waals surface area contributed by atoms with Crippen LogP contribution in [-0.2, 0) is 10.2 Å². The number of rotatable bonds is 5. The lowest BCUT2D eigenvalue weighted by Crippen LogP contribution is -2.44. The molecule has 0 spiro atoms. The molecule has 0 unspecified atom stereocenters. The van der Waals surface area contributed by atoms with Crippen LogP contribution in [0.4, 0.5) is 0 Å². The highest BCUT2D eigenvalue weighted by Gasteiger charge is 2.30. The average molecular weight is 390 g/mol. The molecule has 0 radical (unpaired) electrons. The fraction of sp³-hybridized carbons (Fsp3) is 0.389. The van der Waals surface area contributed by atoms with E-state index in [2.05, 4.69) is 9.97 Å². The van der Waals surface area contributed by atoms with Crippen molar-refractivity contribution in [3.63, 3.8) is 0 Å². The summed E-state index contributed by atoms with van der Waals surface area (Å²) < 4.78 is 27.2. The molecule has 9 heteroatoms. The molecule has 1 saturated heterocycles. The molecular formula is C18H22N4O4S. The molecule has 1 aliphatic rings. The maximum Gasteiger partial charge on any atom is 0.335 e. The van der Waals surface area contributed by atoms with Crippen molar-refractivity contribution in [3.05, 3.63) is 47.9 Å². The zero-order valence-electron chi connectivity index (χ0n) is 15.2. The number of aromatic carboxylic acids is 1. The summed E-state index contributed by atoms with van der Waals surface area (Å²) in [6.45, 7) is 0.872. The van der Waals surface area contributed by atoms with Crippen molar-refractivity contribution in [2.75, 3.05) is 27.2 Å². The number of aromatic nitrogens is 2. The Balaban J connectivity index is 1.78. The van der Waals surface area contributed by atoms with Crippen LogP contribution in [0.25, 0.3) is 11.3 Å². The third-order valence-electron chi connectivity index (χ3n) is 4.72. The molecule has 3 rings (SSSR count). The first-order valence-electron chi connectivity index (χ1n) is 8.62. The molecule has 0 aliphatic carbocycles. The monoisotopic (exact) mass is 390 g/mol. The number of piperidine rings is 1. The van der Waals surface area contributed by atoms with Gasteiger partial charge in [-0.1, -0.05) is 12.1 Å². The quantitative estimate of drug-likeness (QED) is 0.835. The normalized spacial score (nSPS) is 16.6. The van der Waals surface area contributed by atoms with Gasteiger partial charge in [-0.15, -0.1) is 0 Å². The van der Waals surface area contributed by atoms with Crippen LogP contribution in [0, 0.1) is 0 Å². The number of hydrogen-bond donors (Lipinski definition) is 1. The van der Waals surface area contributed by atoms with Crippen LogP contribution in [0.1, 0.15) is 34.8 Å². The highest BCUT2D eigenvalue weighted by Crippen LogP contribution is 2.29. The van der Waals surface area contributed by atoms with Crippen LogP contribution in [0.3, 0.4) is 0 Å². The summed E-state index contributed by atoms with van der Waals surface area (Å²) in [7, 11) is -0.336. The molecule has 0 atom stereocenters. The van der Waals surface area contributed by atoms with Gasteiger partial charge in [0.15, 0.2) is 0 Å². The van der Waals surface area contributed by atoms with Crippen LogP contribution >= 0.6 is 0 Å². The molecule has 144 valence electrons. The summed E-state index contributed by atoms with van der Waals surface area (Å²) in [6.07, 6.45) is 4.64. The maximum absolute atomic E-state index is 12.2. The van der Waals surface area contributed by atoms with Gasteiger partial charge in [-0.05, 0) is 25.0 Å². The molecule has 1 aliphatic heterocycles. The molecule has 0 bridgehead atoms. The molecule has 0 amide bonds. The number of benzene rings is 1. The van der Waals surface area contributed by atoms with Crippen LogP contribution in [0.5, 0.6) is 0 Å². The lowest BCUT2D eigenvalue weighted by atomic mass is 9.94. The van der Waals surface area contributed by atoms with Crippen LogP contribution < -0.4 is 0 Å². The highest BCUT2D eigenvalue weighted by atomic mass is 32.2. The largest absolute Gasteiger partial charge is 0.478 e. The van der Waals surface area contributed by atoms with Gasteiger partial charge in [-0.2, -0.15) is 17.0 Å². The van der Waals surface area contributed by atoms with Crippen molar-refractivity contribution in [3.8, 4) is 11.3 Å². The molecular weight excluding hydrogens is 368 g/mol. The van der Waals surface area contributed by atoms with Crippen molar-refractivity contribution >= 4 is 16.2 Å². The molecule has 27 heavy (non-hydrogen) atoms. The number of carboxylic acid groups (broad SMARTS) is 1. The van der Waals surface area contributed by atoms with E-state index in [1.54, 1.807) is 30.6 Å². The summed E-state index contributed by atoms with van der Waals surface area (Å²) in [5.74, 6) is -0.871. The van der Waals surface area contributed by atoms with Crippen molar-refractivity contribution in [2.45, 2.75) is 18.8 Å². The average Bonchev–Trinajstić information content (AvgIpc) is 2.68. The summed E-state index contributed by atoms with van der Waals surface area (Å²) in [5, 5.41) is 9.15. The highest BCUT2D eigenvalue weighted by molar-refractivity contribution is 7.86. The van der Waals surface area contributed by atoms with Gasteiger partial charge in [0, 0.05) is 44.9 Å². The topological polar surface area (TPSA) is 104 Å². The Kier molecular flexibility index (Phi) is 5.54. The van der Waals surface area contributed by atoms with Gasteiger partial charge in [-0.25, -0.2) is 9.78 Å². The van der Waals surface area contributed by atoms with Crippen molar-refractivity contribution in [1.82, 2.24) is 18.6 Å². The lowest BCUT2D eigenvalue weighted by molar-refractivity contribution is 0.0697. The molecule has 2 heterocycles. The number of carbonyl (C=O) groups is 1. The molecule has 1 N–H and O–H groups in total. The van der Waals surface area contributed by atoms with Crippen molar-refractivity contribution in [2.24, 2.45) is 0 Å². The second-order valence-corrected chi connectivity index (χ2v) is 8.82. The first kappa shape index (κ1) is 19.4. The zero-order valence-corrected chi connectivity index (χ0v) is 16.1. The smallest absolute Gasteiger partial charge is 0.335 e. The van der Waals surface area contributed by atoms with E-state index in [0.29, 0.717) is 37.2 Å². The fourth-order valence-corrected chi connectivity index (χ4v) is 4.28. The van der Waals surface area contributed by atoms with E-state index in [-0.39, 0.29) is 11.5 Å². The van der Waals surface area contributed by atoms with E-state index in [0.717, 1.165) is 5.69 Å². The molecule has 0 saturated carbocycles. The zero-order chi connectivity index (χ0) is 19.6. The van der Waals surface area contributed by atoms with Crippen LogP contribution in [0.2, 0.25) is 0 Å². The lowest BCUT2D eigenvalue weighted by Gasteiger charge is -2.32. The first-order chi connectivity index (χ1) is 12.8. The minimum atomic E-state index is -3.39. The number of hydrogen-bond acceptors (Lipinski definition) is 5. The third-order valence-corrected chi connectivity index (χ3v) is 6.66. The Morgan fingerprint density at radius 3 is 2.56 bits per heavy atom. The van der Waals surface area contributed by atoms with E-state index >= 15 is 0 Å². The molecule has 1 fully saturated rings. The van der Waals surface area contributed by atoms with Crippen LogP contribution in [0.15, 0.2) is 36.7 Å². The molecule has 1 aromatic heterocycles. The molecule has 8 nitrogen and oxygen atoms in total. The van der Waals surface area contributed by atoms with E-state index < -0.39 is 16.2 Å². The van der Waals surface area contributed by atoms with Crippen LogP contribution in [-0.4, -0.2) is 65.3 Å². The van der Waals surface area contributed by atoms with Gasteiger partial charge in [0.2, 0.25) is 0 Å². The van der Waals surface area contributed by atoms with Crippen molar-refractivity contribution < 1.29 is 18.3 Å². The summed E-state index contributed by atoms with van der Waals surface area (Å²) in [4.78, 5) is 20.1. The minimum Gasteiger partial charge on any atom is -0.478 e. The van der Waals surface area contributed by atoms with Gasteiger partial charge in [-0.3, -0.25) is 4.98 Å². The minimum absolute atomic E-state index is 0.119. The Morgan fingerprint density at radius 1 is 1.22 bits per heavy atom. The van der Waals surface area contributed by atoms with E-state index in [1.165, 1.54) is 28.8 Å². The van der Waals surface area contributed by atoms with Gasteiger partial charge >= 0.3 is 5.97 Å². The number of carboxylic acids is 1. The van der Waals surface area contributed by atoms with Gasteiger partial charge in [0.1, 0.15) is 0 Å². The Labute approximate surface area is 158 Å². The predicted molar refractivity (Wildman–Crippen MR) is 101 cm³/mol. The second kappa shape index (κ2) is 7.71. The second-order valence-electron chi connectivity index (χ2n) is 6.68. The number of nitrogens with zero attached hydrogens (tertiary/aromatic N) is 4. The standard InChI is InChI=1S/C18H22N4O4S/c1-21(2)27(25,26)22-8-6-13(7-9-22)16-11-19-12-17(20-16)14-4-3-5-15(10-14)18(23)24/h3-5,10-13H,6-9H2,1-2H3,(H,23,24). The first-order valence-corrected chi connectivity index (χ1v) is 10.0. The van der Waals surface area contributed by atoms with Crippen molar-refractivity contribution in [1.29, 1.82) is 0 Å². The summed E-state index contributed by atoms with van der Waals surface area (Å²) >= 11 is 0. The van der Waals surface area contributed by atoms with E-state index in [9.17, 15) is 13.2 Å². The fourth-order valence-electron chi connectivity index (χ4n) is 3.14. The van der Waals surface area contributed by atoms with Gasteiger partial charge in [0.25, 0.3) is 10.2 Å². The summed E-state index contributed by atoms with van der Waals surface area (Å²) in [6, 6.07) is 6.58. The molecule has 1 aromatic carbocycles. The predicted octanol–water partition coefficient (Wildman–Crippen LogP) is 1.83. The van der Waals surface area contributed by atoms with E-state index in [4.69, 9.17) is 5.11 Å². The molecule has 2 aromatic rings. The maximum atomic E-state index is 12.2. The Morgan fingerprint density at radius 2 is 1.93 bits per heavy atom. The van der Waals surface area contributed by atoms with Gasteiger partial charge in [0.05, 0.1) is 23.1 Å². The Bertz CT molecular complexity index is 938. The Hall–Kier alpha value is -2.36. The third kappa shape index (κ3) is 4.15. The summed E-state index contributed by atoms with van der Waals surface area (Å²) in [5.41, 5.74) is 2.30. The van der Waals surface area contributed by atoms with E-state index in [1.807, 2.05) is 0 Å².